The highest BCUT2D eigenvalue weighted by molar-refractivity contribution is 4.79. The average molecular weight is 185 g/mol. The summed E-state index contributed by atoms with van der Waals surface area (Å²) in [6, 6.07) is 1.24. The van der Waals surface area contributed by atoms with Crippen molar-refractivity contribution in [3.8, 4) is 0 Å². The Labute approximate surface area is 81.7 Å². The highest BCUT2D eigenvalue weighted by Gasteiger charge is 2.20. The number of hydrogen-bond acceptors (Lipinski definition) is 2. The highest BCUT2D eigenvalue weighted by atomic mass is 16.3. The molecule has 78 valence electrons. The summed E-state index contributed by atoms with van der Waals surface area (Å²) in [6.07, 6.45) is 4.19. The van der Waals surface area contributed by atoms with E-state index in [1.807, 2.05) is 0 Å². The fraction of sp³-hybridized carbons (Fsp3) is 1.00. The molecule has 0 unspecified atom stereocenters. The van der Waals surface area contributed by atoms with Gasteiger partial charge in [-0.25, -0.2) is 0 Å². The summed E-state index contributed by atoms with van der Waals surface area (Å²) >= 11 is 0. The van der Waals surface area contributed by atoms with Crippen LogP contribution in [-0.2, 0) is 0 Å². The summed E-state index contributed by atoms with van der Waals surface area (Å²) in [5.41, 5.74) is 0. The summed E-state index contributed by atoms with van der Waals surface area (Å²) in [4.78, 5) is 0. The topological polar surface area (TPSA) is 32.3 Å². The van der Waals surface area contributed by atoms with Crippen LogP contribution in [0.2, 0.25) is 0 Å². The second-order valence-corrected chi connectivity index (χ2v) is 4.70. The van der Waals surface area contributed by atoms with E-state index in [1.165, 1.54) is 0 Å². The van der Waals surface area contributed by atoms with E-state index >= 15 is 0 Å². The van der Waals surface area contributed by atoms with E-state index in [2.05, 4.69) is 26.1 Å². The zero-order chi connectivity index (χ0) is 9.84. The summed E-state index contributed by atoms with van der Waals surface area (Å²) in [5.74, 6) is 0.701. The van der Waals surface area contributed by atoms with Crippen LogP contribution in [0.4, 0.5) is 0 Å². The molecule has 2 nitrogen and oxygen atoms in total. The maximum absolute atomic E-state index is 9.34. The van der Waals surface area contributed by atoms with Crippen molar-refractivity contribution < 1.29 is 5.11 Å². The molecule has 0 aromatic carbocycles. The maximum Gasteiger partial charge on any atom is 0.0541 e. The monoisotopic (exact) mass is 185 g/mol. The predicted molar refractivity (Wildman–Crippen MR) is 55.7 cm³/mol. The van der Waals surface area contributed by atoms with Crippen molar-refractivity contribution in [3.05, 3.63) is 0 Å². The molecule has 1 aliphatic rings. The summed E-state index contributed by atoms with van der Waals surface area (Å²) in [5, 5.41) is 13.0. The molecule has 0 aliphatic heterocycles. The van der Waals surface area contributed by atoms with Gasteiger partial charge in [0, 0.05) is 12.1 Å². The van der Waals surface area contributed by atoms with Gasteiger partial charge in [0.05, 0.1) is 6.10 Å². The predicted octanol–water partition coefficient (Wildman–Crippen LogP) is 1.92. The second-order valence-electron chi connectivity index (χ2n) is 4.70. The molecule has 2 heteroatoms. The van der Waals surface area contributed by atoms with Gasteiger partial charge in [-0.15, -0.1) is 0 Å². The van der Waals surface area contributed by atoms with E-state index < -0.39 is 0 Å². The number of hydrogen-bond donors (Lipinski definition) is 2. The normalized spacial score (nSPS) is 32.1. The fourth-order valence-corrected chi connectivity index (χ4v) is 1.81. The van der Waals surface area contributed by atoms with Gasteiger partial charge in [0.15, 0.2) is 0 Å². The first-order chi connectivity index (χ1) is 6.09. The molecule has 1 atom stereocenters. The number of nitrogens with one attached hydrogen (secondary N) is 1. The quantitative estimate of drug-likeness (QED) is 0.704. The molecular weight excluding hydrogens is 162 g/mol. The number of aliphatic hydroxyl groups is 1. The van der Waals surface area contributed by atoms with Gasteiger partial charge in [0.1, 0.15) is 0 Å². The molecule has 1 saturated carbocycles. The van der Waals surface area contributed by atoms with E-state index in [-0.39, 0.29) is 6.10 Å². The van der Waals surface area contributed by atoms with Gasteiger partial charge in [0.25, 0.3) is 0 Å². The highest BCUT2D eigenvalue weighted by Crippen LogP contribution is 2.19. The smallest absolute Gasteiger partial charge is 0.0541 e. The van der Waals surface area contributed by atoms with Crippen molar-refractivity contribution in [2.24, 2.45) is 5.92 Å². The van der Waals surface area contributed by atoms with E-state index in [4.69, 9.17) is 0 Å². The van der Waals surface area contributed by atoms with Crippen LogP contribution >= 0.6 is 0 Å². The minimum Gasteiger partial charge on any atom is -0.393 e. The molecule has 0 radical (unpaired) electrons. The molecule has 0 heterocycles. The third-order valence-corrected chi connectivity index (χ3v) is 3.20. The molecular formula is C11H23NO. The third kappa shape index (κ3) is 3.65. The summed E-state index contributed by atoms with van der Waals surface area (Å²) < 4.78 is 0. The zero-order valence-corrected chi connectivity index (χ0v) is 9.09. The molecule has 1 aliphatic carbocycles. The van der Waals surface area contributed by atoms with Crippen molar-refractivity contribution in [2.75, 3.05) is 0 Å². The Bertz CT molecular complexity index is 139. The van der Waals surface area contributed by atoms with E-state index in [0.29, 0.717) is 18.0 Å². The zero-order valence-electron chi connectivity index (χ0n) is 9.09. The largest absolute Gasteiger partial charge is 0.393 e. The van der Waals surface area contributed by atoms with Crippen LogP contribution < -0.4 is 5.32 Å². The van der Waals surface area contributed by atoms with Gasteiger partial charge in [-0.3, -0.25) is 0 Å². The lowest BCUT2D eigenvalue weighted by Crippen LogP contribution is -2.42. The van der Waals surface area contributed by atoms with Gasteiger partial charge >= 0.3 is 0 Å². The molecule has 0 saturated heterocycles. The van der Waals surface area contributed by atoms with Crippen molar-refractivity contribution >= 4 is 0 Å². The lowest BCUT2D eigenvalue weighted by molar-refractivity contribution is 0.113. The SMILES string of the molecule is CC(C)[C@H](C)NC1CCC(O)CC1. The van der Waals surface area contributed by atoms with Gasteiger partial charge in [-0.1, -0.05) is 13.8 Å². The molecule has 0 spiro atoms. The van der Waals surface area contributed by atoms with Crippen molar-refractivity contribution in [1.82, 2.24) is 5.32 Å². The standard InChI is InChI=1S/C11H23NO/c1-8(2)9(3)12-10-4-6-11(13)7-5-10/h8-13H,4-7H2,1-3H3/t9-,10?,11?/m0/s1. The first kappa shape index (κ1) is 11.0. The minimum absolute atomic E-state index is 0.0348. The summed E-state index contributed by atoms with van der Waals surface area (Å²) in [7, 11) is 0. The Morgan fingerprint density at radius 3 is 2.08 bits per heavy atom. The van der Waals surface area contributed by atoms with Crippen LogP contribution in [0.15, 0.2) is 0 Å². The van der Waals surface area contributed by atoms with Crippen molar-refractivity contribution in [1.29, 1.82) is 0 Å². The third-order valence-electron chi connectivity index (χ3n) is 3.20. The molecule has 0 aromatic heterocycles. The van der Waals surface area contributed by atoms with Crippen LogP contribution in [0, 0.1) is 5.92 Å². The Morgan fingerprint density at radius 2 is 1.62 bits per heavy atom. The second kappa shape index (κ2) is 4.97. The van der Waals surface area contributed by atoms with Crippen molar-refractivity contribution in [2.45, 2.75) is 64.6 Å². The van der Waals surface area contributed by atoms with E-state index in [1.54, 1.807) is 0 Å². The van der Waals surface area contributed by atoms with Gasteiger partial charge in [0.2, 0.25) is 0 Å². The number of rotatable bonds is 3. The van der Waals surface area contributed by atoms with Crippen LogP contribution in [0.3, 0.4) is 0 Å². The van der Waals surface area contributed by atoms with Gasteiger partial charge in [-0.2, -0.15) is 0 Å². The van der Waals surface area contributed by atoms with Crippen LogP contribution in [-0.4, -0.2) is 23.3 Å². The lowest BCUT2D eigenvalue weighted by atomic mass is 9.92. The Morgan fingerprint density at radius 1 is 1.08 bits per heavy atom. The molecule has 0 bridgehead atoms. The maximum atomic E-state index is 9.34. The average Bonchev–Trinajstić information content (AvgIpc) is 2.08. The molecule has 2 N–H and O–H groups in total. The summed E-state index contributed by atoms with van der Waals surface area (Å²) in [6.45, 7) is 6.74. The lowest BCUT2D eigenvalue weighted by Gasteiger charge is -2.30. The first-order valence-electron chi connectivity index (χ1n) is 5.53. The molecule has 0 aromatic rings. The number of aliphatic hydroxyl groups excluding tert-OH is 1. The van der Waals surface area contributed by atoms with Gasteiger partial charge < -0.3 is 10.4 Å². The Hall–Kier alpha value is -0.0800. The fourth-order valence-electron chi connectivity index (χ4n) is 1.81. The molecule has 13 heavy (non-hydrogen) atoms. The Balaban J connectivity index is 2.22. The first-order valence-corrected chi connectivity index (χ1v) is 5.53. The van der Waals surface area contributed by atoms with Crippen LogP contribution in [0.5, 0.6) is 0 Å². The minimum atomic E-state index is -0.0348. The van der Waals surface area contributed by atoms with E-state index in [0.717, 1.165) is 25.7 Å². The molecule has 1 rings (SSSR count). The van der Waals surface area contributed by atoms with Gasteiger partial charge in [-0.05, 0) is 38.5 Å². The van der Waals surface area contributed by atoms with E-state index in [9.17, 15) is 5.11 Å². The molecule has 0 amide bonds. The van der Waals surface area contributed by atoms with Crippen LogP contribution in [0.25, 0.3) is 0 Å². The Kier molecular flexibility index (Phi) is 4.20. The van der Waals surface area contributed by atoms with Crippen molar-refractivity contribution in [3.63, 3.8) is 0 Å². The molecule has 1 fully saturated rings. The van der Waals surface area contributed by atoms with Crippen LogP contribution in [0.1, 0.15) is 46.5 Å².